The molecule has 0 unspecified atom stereocenters. The van der Waals surface area contributed by atoms with Gasteiger partial charge in [-0.05, 0) is 31.2 Å². The lowest BCUT2D eigenvalue weighted by Gasteiger charge is -1.88. The highest BCUT2D eigenvalue weighted by Crippen LogP contribution is 1.95. The molecule has 0 spiro atoms. The van der Waals surface area contributed by atoms with Gasteiger partial charge in [0.15, 0.2) is 5.82 Å². The van der Waals surface area contributed by atoms with Gasteiger partial charge in [0, 0.05) is 25.1 Å². The Balaban J connectivity index is 1.94. The van der Waals surface area contributed by atoms with Crippen molar-refractivity contribution in [2.75, 3.05) is 0 Å². The quantitative estimate of drug-likeness (QED) is 0.732. The summed E-state index contributed by atoms with van der Waals surface area (Å²) < 4.78 is 3.78. The number of hydrogen-bond acceptors (Lipinski definition) is 2. The van der Waals surface area contributed by atoms with Crippen molar-refractivity contribution < 1.29 is 0 Å². The van der Waals surface area contributed by atoms with Crippen molar-refractivity contribution >= 4 is 12.3 Å². The third-order valence-corrected chi connectivity index (χ3v) is 2.12. The molecule has 2 rings (SSSR count). The Morgan fingerprint density at radius 1 is 1.25 bits per heavy atom. The lowest BCUT2D eigenvalue weighted by Crippen LogP contribution is -1.93. The van der Waals surface area contributed by atoms with Crippen LogP contribution >= 0.6 is 0 Å². The highest BCUT2D eigenvalue weighted by molar-refractivity contribution is 5.45. The first-order valence-electron chi connectivity index (χ1n) is 5.25. The van der Waals surface area contributed by atoms with Crippen molar-refractivity contribution in [1.29, 1.82) is 0 Å². The van der Waals surface area contributed by atoms with Crippen LogP contribution in [0.15, 0.2) is 43.0 Å². The maximum Gasteiger partial charge on any atom is 0.173 e. The van der Waals surface area contributed by atoms with E-state index in [-0.39, 0.29) is 0 Å². The van der Waals surface area contributed by atoms with E-state index in [1.807, 2.05) is 60.4 Å². The van der Waals surface area contributed by atoms with Crippen molar-refractivity contribution in [3.63, 3.8) is 0 Å². The summed E-state index contributed by atoms with van der Waals surface area (Å²) in [6, 6.07) is 3.97. The predicted molar refractivity (Wildman–Crippen MR) is 64.5 cm³/mol. The molecule has 2 aromatic heterocycles. The molecule has 0 aliphatic carbocycles. The molecule has 0 fully saturated rings. The molecule has 0 saturated heterocycles. The number of allylic oxidation sites excluding steroid dienone is 2. The van der Waals surface area contributed by atoms with Gasteiger partial charge in [0.1, 0.15) is 6.33 Å². The summed E-state index contributed by atoms with van der Waals surface area (Å²) in [7, 11) is 0. The average Bonchev–Trinajstić information content (AvgIpc) is 2.95. The van der Waals surface area contributed by atoms with Crippen molar-refractivity contribution in [1.82, 2.24) is 19.3 Å². The molecule has 0 aliphatic rings. The average molecular weight is 214 g/mol. The minimum Gasteiger partial charge on any atom is -0.331 e. The number of nitrogens with zero attached hydrogens (tertiary/aromatic N) is 4. The second-order valence-electron chi connectivity index (χ2n) is 3.29. The SMILES string of the molecule is CCn1cnc(/C=C\C=C\n2cccc2)n1. The second-order valence-corrected chi connectivity index (χ2v) is 3.29. The Morgan fingerprint density at radius 3 is 2.75 bits per heavy atom. The zero-order chi connectivity index (χ0) is 11.2. The number of hydrogen-bond donors (Lipinski definition) is 0. The van der Waals surface area contributed by atoms with E-state index in [9.17, 15) is 0 Å². The molecule has 16 heavy (non-hydrogen) atoms. The van der Waals surface area contributed by atoms with Gasteiger partial charge in [-0.1, -0.05) is 6.08 Å². The summed E-state index contributed by atoms with van der Waals surface area (Å²) in [4.78, 5) is 4.15. The van der Waals surface area contributed by atoms with Gasteiger partial charge in [0.2, 0.25) is 0 Å². The number of aromatic nitrogens is 4. The van der Waals surface area contributed by atoms with E-state index in [4.69, 9.17) is 0 Å². The molecular formula is C12H14N4. The summed E-state index contributed by atoms with van der Waals surface area (Å²) in [5, 5.41) is 4.24. The number of aryl methyl sites for hydroxylation is 1. The Hall–Kier alpha value is -2.10. The zero-order valence-electron chi connectivity index (χ0n) is 9.19. The summed E-state index contributed by atoms with van der Waals surface area (Å²) in [5.41, 5.74) is 0. The molecule has 0 aromatic carbocycles. The fourth-order valence-electron chi connectivity index (χ4n) is 1.28. The van der Waals surface area contributed by atoms with E-state index < -0.39 is 0 Å². The van der Waals surface area contributed by atoms with Gasteiger partial charge in [-0.25, -0.2) is 4.98 Å². The lowest BCUT2D eigenvalue weighted by molar-refractivity contribution is 0.656. The van der Waals surface area contributed by atoms with E-state index in [1.165, 1.54) is 0 Å². The van der Waals surface area contributed by atoms with Crippen LogP contribution in [0, 0.1) is 0 Å². The van der Waals surface area contributed by atoms with E-state index in [2.05, 4.69) is 10.1 Å². The van der Waals surface area contributed by atoms with E-state index >= 15 is 0 Å². The maximum atomic E-state index is 4.24. The predicted octanol–water partition coefficient (Wildman–Crippen LogP) is 2.28. The summed E-state index contributed by atoms with van der Waals surface area (Å²) >= 11 is 0. The molecule has 0 amide bonds. The van der Waals surface area contributed by atoms with Gasteiger partial charge < -0.3 is 4.57 Å². The molecule has 4 nitrogen and oxygen atoms in total. The summed E-state index contributed by atoms with van der Waals surface area (Å²) in [6.07, 6.45) is 13.4. The van der Waals surface area contributed by atoms with Crippen LogP contribution in [0.1, 0.15) is 12.7 Å². The Bertz CT molecular complexity index is 477. The molecule has 0 saturated carbocycles. The molecule has 2 heterocycles. The molecule has 0 atom stereocenters. The first kappa shape index (κ1) is 10.4. The minimum absolute atomic E-state index is 0.735. The van der Waals surface area contributed by atoms with Gasteiger partial charge in [0.05, 0.1) is 0 Å². The molecule has 0 aliphatic heterocycles. The fraction of sp³-hybridized carbons (Fsp3) is 0.167. The molecule has 0 radical (unpaired) electrons. The van der Waals surface area contributed by atoms with Crippen LogP contribution in [0.5, 0.6) is 0 Å². The smallest absolute Gasteiger partial charge is 0.173 e. The summed E-state index contributed by atoms with van der Waals surface area (Å²) in [6.45, 7) is 2.88. The van der Waals surface area contributed by atoms with E-state index in [1.54, 1.807) is 11.0 Å². The standard InChI is InChI=1S/C12H14N4/c1-2-16-11-13-12(14-16)7-3-4-8-15-9-5-6-10-15/h3-11H,2H2,1H3/b7-3-,8-4+. The third-order valence-electron chi connectivity index (χ3n) is 2.12. The van der Waals surface area contributed by atoms with Gasteiger partial charge in [0.25, 0.3) is 0 Å². The molecule has 0 bridgehead atoms. The monoisotopic (exact) mass is 214 g/mol. The van der Waals surface area contributed by atoms with Crippen LogP contribution in [0.4, 0.5) is 0 Å². The van der Waals surface area contributed by atoms with Gasteiger partial charge in [-0.3, -0.25) is 4.68 Å². The van der Waals surface area contributed by atoms with Crippen molar-refractivity contribution in [2.45, 2.75) is 13.5 Å². The van der Waals surface area contributed by atoms with Crippen LogP contribution in [-0.4, -0.2) is 19.3 Å². The Kier molecular flexibility index (Phi) is 3.33. The van der Waals surface area contributed by atoms with E-state index in [0.29, 0.717) is 0 Å². The van der Waals surface area contributed by atoms with Crippen LogP contribution < -0.4 is 0 Å². The third kappa shape index (κ3) is 2.70. The molecule has 2 aromatic rings. The van der Waals surface area contributed by atoms with Crippen LogP contribution in [0.2, 0.25) is 0 Å². The van der Waals surface area contributed by atoms with E-state index in [0.717, 1.165) is 12.4 Å². The first-order chi connectivity index (χ1) is 7.88. The van der Waals surface area contributed by atoms with Crippen LogP contribution in [0.25, 0.3) is 12.3 Å². The second kappa shape index (κ2) is 5.11. The minimum atomic E-state index is 0.735. The number of rotatable bonds is 4. The maximum absolute atomic E-state index is 4.24. The zero-order valence-corrected chi connectivity index (χ0v) is 9.19. The normalized spacial score (nSPS) is 11.8. The first-order valence-corrected chi connectivity index (χ1v) is 5.25. The molecule has 82 valence electrons. The topological polar surface area (TPSA) is 35.6 Å². The van der Waals surface area contributed by atoms with Gasteiger partial charge in [-0.15, -0.1) is 0 Å². The van der Waals surface area contributed by atoms with Crippen molar-refractivity contribution in [2.24, 2.45) is 0 Å². The van der Waals surface area contributed by atoms with Crippen molar-refractivity contribution in [3.8, 4) is 0 Å². The Morgan fingerprint density at radius 2 is 2.06 bits per heavy atom. The van der Waals surface area contributed by atoms with Crippen LogP contribution in [-0.2, 0) is 6.54 Å². The molecule has 0 N–H and O–H groups in total. The van der Waals surface area contributed by atoms with Crippen molar-refractivity contribution in [3.05, 3.63) is 48.8 Å². The van der Waals surface area contributed by atoms with Gasteiger partial charge in [-0.2, -0.15) is 5.10 Å². The largest absolute Gasteiger partial charge is 0.331 e. The summed E-state index contributed by atoms with van der Waals surface area (Å²) in [5.74, 6) is 0.735. The Labute approximate surface area is 94.5 Å². The highest BCUT2D eigenvalue weighted by Gasteiger charge is 1.92. The lowest BCUT2D eigenvalue weighted by atomic mass is 10.4. The molecule has 4 heteroatoms. The van der Waals surface area contributed by atoms with Crippen LogP contribution in [0.3, 0.4) is 0 Å². The highest BCUT2D eigenvalue weighted by atomic mass is 15.3. The molecular weight excluding hydrogens is 200 g/mol. The van der Waals surface area contributed by atoms with Gasteiger partial charge >= 0.3 is 0 Å². The fourth-order valence-corrected chi connectivity index (χ4v) is 1.28.